The van der Waals surface area contributed by atoms with E-state index in [0.717, 1.165) is 81.5 Å². The summed E-state index contributed by atoms with van der Waals surface area (Å²) in [6.45, 7) is 10.1. The summed E-state index contributed by atoms with van der Waals surface area (Å²) >= 11 is 0. The molecule has 5 heterocycles. The first-order valence-corrected chi connectivity index (χ1v) is 16.0. The van der Waals surface area contributed by atoms with Crippen LogP contribution in [0.4, 0.5) is 17.1 Å². The number of methoxy groups -OCH3 is 1. The number of nitrogens with zero attached hydrogens (tertiary/aromatic N) is 5. The Morgan fingerprint density at radius 1 is 0.800 bits per heavy atom. The van der Waals surface area contributed by atoms with Crippen LogP contribution in [0.1, 0.15) is 52.0 Å². The highest BCUT2D eigenvalue weighted by Crippen LogP contribution is 2.35. The van der Waals surface area contributed by atoms with Crippen LogP contribution in [0, 0.1) is 6.92 Å². The number of carbonyl (C=O) groups excluding carboxylic acids is 4. The van der Waals surface area contributed by atoms with Gasteiger partial charge in [-0.15, -0.1) is 0 Å². The minimum Gasteiger partial charge on any atom is -0.495 e. The summed E-state index contributed by atoms with van der Waals surface area (Å²) in [5.74, 6) is -1.17. The van der Waals surface area contributed by atoms with Gasteiger partial charge in [0.1, 0.15) is 11.8 Å². The molecule has 0 radical (unpaired) electrons. The smallest absolute Gasteiger partial charge is 0.262 e. The van der Waals surface area contributed by atoms with Crippen LogP contribution in [0.2, 0.25) is 0 Å². The van der Waals surface area contributed by atoms with Gasteiger partial charge in [0, 0.05) is 88.3 Å². The lowest BCUT2D eigenvalue weighted by molar-refractivity contribution is -0.136. The number of amides is 4. The molecule has 4 fully saturated rings. The Hall–Kier alpha value is -4.16. The number of fused-ring (bicyclic) bond motifs is 1. The summed E-state index contributed by atoms with van der Waals surface area (Å²) in [7, 11) is 1.66. The second-order valence-corrected chi connectivity index (χ2v) is 12.9. The van der Waals surface area contributed by atoms with E-state index in [1.165, 1.54) is 11.3 Å². The molecule has 0 spiro atoms. The van der Waals surface area contributed by atoms with Gasteiger partial charge < -0.3 is 20.3 Å². The Morgan fingerprint density at radius 3 is 2.13 bits per heavy atom. The standard InChI is InChI=1S/C33H41N7O5/c1-20-15-26(34)29(45-2)17-28(20)38-9-7-21(8-10-38)36-11-13-37(14-12-36)23-18-39(19-23)22-3-4-24-25(16-22)33(44)40(32(24)43)27-5-6-30(41)35-31(27)42/h3-4,15-17,21,23,27H,5-14,18-19,34H2,1-2H3,(H,35,41,42). The molecule has 0 aromatic heterocycles. The second-order valence-electron chi connectivity index (χ2n) is 12.9. The maximum atomic E-state index is 13.2. The maximum absolute atomic E-state index is 13.2. The highest BCUT2D eigenvalue weighted by molar-refractivity contribution is 6.23. The first kappa shape index (κ1) is 29.5. The van der Waals surface area contributed by atoms with E-state index in [9.17, 15) is 19.2 Å². The Bertz CT molecular complexity index is 1540. The lowest BCUT2D eigenvalue weighted by atomic mass is 9.99. The van der Waals surface area contributed by atoms with Crippen molar-refractivity contribution in [2.75, 3.05) is 75.0 Å². The number of hydrogen-bond donors (Lipinski definition) is 2. The van der Waals surface area contributed by atoms with Crippen LogP contribution < -0.4 is 25.6 Å². The number of nitrogen functional groups attached to an aromatic ring is 1. The van der Waals surface area contributed by atoms with Crippen LogP contribution in [0.5, 0.6) is 5.75 Å². The summed E-state index contributed by atoms with van der Waals surface area (Å²) in [6, 6.07) is 9.55. The van der Waals surface area contributed by atoms with Crippen molar-refractivity contribution in [2.24, 2.45) is 0 Å². The number of hydrogen-bond acceptors (Lipinski definition) is 10. The van der Waals surface area contributed by atoms with Gasteiger partial charge in [-0.1, -0.05) is 0 Å². The van der Waals surface area contributed by atoms with Gasteiger partial charge in [0.25, 0.3) is 11.8 Å². The molecule has 2 aromatic rings. The lowest BCUT2D eigenvalue weighted by Crippen LogP contribution is -2.64. The van der Waals surface area contributed by atoms with Gasteiger partial charge in [-0.25, -0.2) is 0 Å². The largest absolute Gasteiger partial charge is 0.495 e. The normalized spacial score (nSPS) is 23.8. The summed E-state index contributed by atoms with van der Waals surface area (Å²) in [4.78, 5) is 61.2. The van der Waals surface area contributed by atoms with Crippen LogP contribution in [-0.2, 0) is 9.59 Å². The number of ether oxygens (including phenoxy) is 1. The molecule has 12 nitrogen and oxygen atoms in total. The molecule has 4 saturated heterocycles. The van der Waals surface area contributed by atoms with Crippen molar-refractivity contribution in [1.29, 1.82) is 0 Å². The molecule has 3 N–H and O–H groups in total. The Kier molecular flexibility index (Phi) is 7.65. The van der Waals surface area contributed by atoms with E-state index in [2.05, 4.69) is 37.9 Å². The minimum atomic E-state index is -0.949. The van der Waals surface area contributed by atoms with Crippen molar-refractivity contribution in [2.45, 2.75) is 50.7 Å². The van der Waals surface area contributed by atoms with Gasteiger partial charge in [-0.2, -0.15) is 0 Å². The maximum Gasteiger partial charge on any atom is 0.262 e. The number of piperidine rings is 2. The monoisotopic (exact) mass is 615 g/mol. The number of piperazine rings is 1. The average molecular weight is 616 g/mol. The molecular formula is C33H41N7O5. The number of carbonyl (C=O) groups is 4. The van der Waals surface area contributed by atoms with Crippen LogP contribution in [0.25, 0.3) is 0 Å². The SMILES string of the molecule is COc1cc(N2CCC(N3CCN(C4CN(c5ccc6c(c5)C(=O)N(C5CCC(=O)NC5=O)C6=O)C4)CC3)CC2)c(C)cc1N. The molecule has 1 atom stereocenters. The van der Waals surface area contributed by atoms with Crippen molar-refractivity contribution in [1.82, 2.24) is 20.0 Å². The highest BCUT2D eigenvalue weighted by Gasteiger charge is 2.45. The van der Waals surface area contributed by atoms with Crippen molar-refractivity contribution in [3.63, 3.8) is 0 Å². The zero-order chi connectivity index (χ0) is 31.4. The first-order valence-electron chi connectivity index (χ1n) is 16.0. The Morgan fingerprint density at radius 2 is 1.47 bits per heavy atom. The Labute approximate surface area is 263 Å². The fourth-order valence-electron chi connectivity index (χ4n) is 7.71. The average Bonchev–Trinajstić information content (AvgIpc) is 3.26. The molecule has 5 aliphatic heterocycles. The zero-order valence-corrected chi connectivity index (χ0v) is 26.0. The quantitative estimate of drug-likeness (QED) is 0.364. The van der Waals surface area contributed by atoms with Gasteiger partial charge in [0.05, 0.1) is 23.9 Å². The fraction of sp³-hybridized carbons (Fsp3) is 0.515. The van der Waals surface area contributed by atoms with E-state index in [1.54, 1.807) is 19.2 Å². The highest BCUT2D eigenvalue weighted by atomic mass is 16.5. The lowest BCUT2D eigenvalue weighted by Gasteiger charge is -2.50. The molecule has 0 bridgehead atoms. The van der Waals surface area contributed by atoms with Gasteiger partial charge >= 0.3 is 0 Å². The van der Waals surface area contributed by atoms with Crippen molar-refractivity contribution in [3.8, 4) is 5.75 Å². The molecule has 7 rings (SSSR count). The molecule has 238 valence electrons. The predicted molar refractivity (Wildman–Crippen MR) is 170 cm³/mol. The van der Waals surface area contributed by atoms with Crippen LogP contribution in [0.3, 0.4) is 0 Å². The molecule has 1 unspecified atom stereocenters. The summed E-state index contributed by atoms with van der Waals surface area (Å²) < 4.78 is 5.46. The van der Waals surface area contributed by atoms with E-state index in [-0.39, 0.29) is 18.7 Å². The number of rotatable bonds is 6. The number of imide groups is 2. The first-order chi connectivity index (χ1) is 21.7. The minimum absolute atomic E-state index is 0.109. The molecule has 4 amide bonds. The Balaban J connectivity index is 0.897. The fourth-order valence-corrected chi connectivity index (χ4v) is 7.71. The number of aryl methyl sites for hydroxylation is 1. The predicted octanol–water partition coefficient (Wildman–Crippen LogP) is 1.46. The molecular weight excluding hydrogens is 574 g/mol. The van der Waals surface area contributed by atoms with Crippen LogP contribution in [-0.4, -0.2) is 116 Å². The molecule has 45 heavy (non-hydrogen) atoms. The molecule has 2 aromatic carbocycles. The van der Waals surface area contributed by atoms with Crippen molar-refractivity contribution < 1.29 is 23.9 Å². The summed E-state index contributed by atoms with van der Waals surface area (Å²) in [5.41, 5.74) is 10.7. The molecule has 0 saturated carbocycles. The number of nitrogens with one attached hydrogen (secondary N) is 1. The van der Waals surface area contributed by atoms with Crippen molar-refractivity contribution >= 4 is 40.7 Å². The third-order valence-corrected chi connectivity index (χ3v) is 10.4. The molecule has 5 aliphatic rings. The number of nitrogens with two attached hydrogens (primary N) is 1. The van der Waals surface area contributed by atoms with E-state index in [1.807, 2.05) is 12.1 Å². The van der Waals surface area contributed by atoms with Gasteiger partial charge in [0.15, 0.2) is 0 Å². The second kappa shape index (κ2) is 11.6. The number of anilines is 3. The van der Waals surface area contributed by atoms with Crippen LogP contribution in [0.15, 0.2) is 30.3 Å². The van der Waals surface area contributed by atoms with Gasteiger partial charge in [-0.3, -0.25) is 39.2 Å². The molecule has 12 heteroatoms. The zero-order valence-electron chi connectivity index (χ0n) is 26.0. The van der Waals surface area contributed by atoms with Crippen molar-refractivity contribution in [3.05, 3.63) is 47.0 Å². The van der Waals surface area contributed by atoms with Crippen LogP contribution >= 0.6 is 0 Å². The van der Waals surface area contributed by atoms with E-state index in [0.29, 0.717) is 28.9 Å². The number of benzene rings is 2. The molecule has 0 aliphatic carbocycles. The van der Waals surface area contributed by atoms with E-state index in [4.69, 9.17) is 10.5 Å². The summed E-state index contributed by atoms with van der Waals surface area (Å²) in [6.07, 6.45) is 2.55. The van der Waals surface area contributed by atoms with Gasteiger partial charge in [-0.05, 0) is 56.0 Å². The van der Waals surface area contributed by atoms with E-state index < -0.39 is 23.8 Å². The third kappa shape index (κ3) is 5.29. The topological polar surface area (TPSA) is 132 Å². The van der Waals surface area contributed by atoms with E-state index >= 15 is 0 Å². The van der Waals surface area contributed by atoms with Gasteiger partial charge in [0.2, 0.25) is 11.8 Å². The third-order valence-electron chi connectivity index (χ3n) is 10.4. The summed E-state index contributed by atoms with van der Waals surface area (Å²) in [5, 5.41) is 2.24.